The molecular formula is C19H21N. The molecule has 0 bridgehead atoms. The Bertz CT molecular complexity index is 651. The van der Waals surface area contributed by atoms with Crippen LogP contribution >= 0.6 is 0 Å². The van der Waals surface area contributed by atoms with Gasteiger partial charge < -0.3 is 5.73 Å². The molecule has 2 aliphatic rings. The van der Waals surface area contributed by atoms with Crippen molar-refractivity contribution in [3.8, 4) is 11.1 Å². The van der Waals surface area contributed by atoms with Crippen LogP contribution in [0.3, 0.4) is 0 Å². The number of hydrogen-bond donors (Lipinski definition) is 1. The monoisotopic (exact) mass is 263 g/mol. The molecule has 0 spiro atoms. The summed E-state index contributed by atoms with van der Waals surface area (Å²) in [7, 11) is 0. The Balaban J connectivity index is 1.85. The van der Waals surface area contributed by atoms with Crippen molar-refractivity contribution in [2.24, 2.45) is 0 Å². The lowest BCUT2D eigenvalue weighted by Crippen LogP contribution is -2.10. The van der Waals surface area contributed by atoms with Crippen molar-refractivity contribution in [2.75, 3.05) is 5.73 Å². The molecular weight excluding hydrogens is 242 g/mol. The lowest BCUT2D eigenvalue weighted by molar-refractivity contribution is 0.443. The third kappa shape index (κ3) is 1.76. The van der Waals surface area contributed by atoms with E-state index in [1.807, 2.05) is 0 Å². The van der Waals surface area contributed by atoms with Gasteiger partial charge in [-0.1, -0.05) is 49.6 Å². The molecule has 1 nitrogen and oxygen atoms in total. The SMILES string of the molecule is Nc1ccc2c(c1C1CCCCC1)Cc1ccccc1-2. The van der Waals surface area contributed by atoms with Gasteiger partial charge in [0.2, 0.25) is 0 Å². The Morgan fingerprint density at radius 1 is 0.850 bits per heavy atom. The average molecular weight is 263 g/mol. The third-order valence-corrected chi connectivity index (χ3v) is 5.08. The summed E-state index contributed by atoms with van der Waals surface area (Å²) >= 11 is 0. The van der Waals surface area contributed by atoms with Crippen LogP contribution in [-0.2, 0) is 6.42 Å². The quantitative estimate of drug-likeness (QED) is 0.622. The second kappa shape index (κ2) is 4.66. The van der Waals surface area contributed by atoms with Crippen LogP contribution in [0, 0.1) is 0 Å². The van der Waals surface area contributed by atoms with Gasteiger partial charge in [-0.2, -0.15) is 0 Å². The summed E-state index contributed by atoms with van der Waals surface area (Å²) in [5.74, 6) is 0.688. The first-order valence-corrected chi connectivity index (χ1v) is 7.84. The molecule has 0 aliphatic heterocycles. The first kappa shape index (κ1) is 12.0. The number of rotatable bonds is 1. The van der Waals surface area contributed by atoms with Crippen molar-refractivity contribution < 1.29 is 0 Å². The highest BCUT2D eigenvalue weighted by atomic mass is 14.6. The van der Waals surface area contributed by atoms with Crippen molar-refractivity contribution in [1.82, 2.24) is 0 Å². The molecule has 0 saturated heterocycles. The smallest absolute Gasteiger partial charge is 0.0352 e. The van der Waals surface area contributed by atoms with E-state index in [9.17, 15) is 0 Å². The Labute approximate surface area is 120 Å². The van der Waals surface area contributed by atoms with Gasteiger partial charge in [0.25, 0.3) is 0 Å². The van der Waals surface area contributed by atoms with Crippen LogP contribution in [0.25, 0.3) is 11.1 Å². The van der Waals surface area contributed by atoms with Gasteiger partial charge in [-0.05, 0) is 59.1 Å². The van der Waals surface area contributed by atoms with Gasteiger partial charge in [-0.15, -0.1) is 0 Å². The minimum Gasteiger partial charge on any atom is -0.398 e. The molecule has 0 atom stereocenters. The van der Waals surface area contributed by atoms with Gasteiger partial charge in [0.1, 0.15) is 0 Å². The maximum atomic E-state index is 6.36. The molecule has 2 aliphatic carbocycles. The first-order chi connectivity index (χ1) is 9.84. The molecule has 20 heavy (non-hydrogen) atoms. The average Bonchev–Trinajstić information content (AvgIpc) is 2.86. The summed E-state index contributed by atoms with van der Waals surface area (Å²) in [5, 5.41) is 0. The number of nitrogens with two attached hydrogens (primary N) is 1. The van der Waals surface area contributed by atoms with E-state index >= 15 is 0 Å². The van der Waals surface area contributed by atoms with Crippen LogP contribution in [0.4, 0.5) is 5.69 Å². The zero-order valence-corrected chi connectivity index (χ0v) is 11.9. The summed E-state index contributed by atoms with van der Waals surface area (Å²) in [6, 6.07) is 13.2. The van der Waals surface area contributed by atoms with Crippen LogP contribution in [0.1, 0.15) is 54.7 Å². The molecule has 1 fully saturated rings. The molecule has 2 aromatic carbocycles. The molecule has 2 aromatic rings. The molecule has 0 unspecified atom stereocenters. The molecule has 1 saturated carbocycles. The molecule has 0 radical (unpaired) electrons. The Morgan fingerprint density at radius 2 is 1.65 bits per heavy atom. The van der Waals surface area contributed by atoms with E-state index in [4.69, 9.17) is 5.73 Å². The fourth-order valence-corrected chi connectivity index (χ4v) is 4.13. The Hall–Kier alpha value is -1.76. The van der Waals surface area contributed by atoms with Crippen molar-refractivity contribution in [3.05, 3.63) is 53.1 Å². The minimum absolute atomic E-state index is 0.688. The van der Waals surface area contributed by atoms with E-state index in [0.29, 0.717) is 5.92 Å². The van der Waals surface area contributed by atoms with Crippen molar-refractivity contribution >= 4 is 5.69 Å². The summed E-state index contributed by atoms with van der Waals surface area (Å²) < 4.78 is 0. The van der Waals surface area contributed by atoms with Gasteiger partial charge in [-0.3, -0.25) is 0 Å². The van der Waals surface area contributed by atoms with E-state index in [2.05, 4.69) is 36.4 Å². The predicted molar refractivity (Wildman–Crippen MR) is 84.9 cm³/mol. The molecule has 102 valence electrons. The number of benzene rings is 2. The Kier molecular flexibility index (Phi) is 2.80. The van der Waals surface area contributed by atoms with Gasteiger partial charge in [0, 0.05) is 5.69 Å². The second-order valence-electron chi connectivity index (χ2n) is 6.26. The fourth-order valence-electron chi connectivity index (χ4n) is 4.13. The van der Waals surface area contributed by atoms with Crippen molar-refractivity contribution in [1.29, 1.82) is 0 Å². The second-order valence-corrected chi connectivity index (χ2v) is 6.26. The highest BCUT2D eigenvalue weighted by molar-refractivity contribution is 5.80. The van der Waals surface area contributed by atoms with E-state index < -0.39 is 0 Å². The van der Waals surface area contributed by atoms with Crippen LogP contribution in [0.15, 0.2) is 36.4 Å². The van der Waals surface area contributed by atoms with Crippen LogP contribution in [0.5, 0.6) is 0 Å². The highest BCUT2D eigenvalue weighted by Crippen LogP contribution is 2.45. The van der Waals surface area contributed by atoms with E-state index in [0.717, 1.165) is 12.1 Å². The minimum atomic E-state index is 0.688. The van der Waals surface area contributed by atoms with Crippen LogP contribution in [-0.4, -0.2) is 0 Å². The lowest BCUT2D eigenvalue weighted by Gasteiger charge is -2.25. The van der Waals surface area contributed by atoms with E-state index in [1.165, 1.54) is 59.9 Å². The summed E-state index contributed by atoms with van der Waals surface area (Å²) in [4.78, 5) is 0. The van der Waals surface area contributed by atoms with E-state index in [1.54, 1.807) is 0 Å². The number of hydrogen-bond acceptors (Lipinski definition) is 1. The number of nitrogen functional groups attached to an aromatic ring is 1. The summed E-state index contributed by atoms with van der Waals surface area (Å²) in [6.45, 7) is 0. The van der Waals surface area contributed by atoms with Gasteiger partial charge in [0.05, 0.1) is 0 Å². The number of fused-ring (bicyclic) bond motifs is 3. The Morgan fingerprint density at radius 3 is 2.50 bits per heavy atom. The largest absolute Gasteiger partial charge is 0.398 e. The maximum absolute atomic E-state index is 6.36. The summed E-state index contributed by atoms with van der Waals surface area (Å²) in [5.41, 5.74) is 14.7. The lowest BCUT2D eigenvalue weighted by atomic mass is 9.80. The zero-order chi connectivity index (χ0) is 13.5. The molecule has 0 heterocycles. The molecule has 0 amide bonds. The molecule has 0 aromatic heterocycles. The van der Waals surface area contributed by atoms with Crippen molar-refractivity contribution in [2.45, 2.75) is 44.4 Å². The molecule has 1 heteroatoms. The first-order valence-electron chi connectivity index (χ1n) is 7.84. The van der Waals surface area contributed by atoms with Crippen LogP contribution in [0.2, 0.25) is 0 Å². The van der Waals surface area contributed by atoms with Crippen molar-refractivity contribution in [3.63, 3.8) is 0 Å². The highest BCUT2D eigenvalue weighted by Gasteiger charge is 2.27. The third-order valence-electron chi connectivity index (χ3n) is 5.08. The van der Waals surface area contributed by atoms with Crippen LogP contribution < -0.4 is 5.73 Å². The topological polar surface area (TPSA) is 26.0 Å². The number of anilines is 1. The zero-order valence-electron chi connectivity index (χ0n) is 11.9. The maximum Gasteiger partial charge on any atom is 0.0352 e. The van der Waals surface area contributed by atoms with Gasteiger partial charge in [0.15, 0.2) is 0 Å². The summed E-state index contributed by atoms with van der Waals surface area (Å²) in [6.07, 6.45) is 7.82. The van der Waals surface area contributed by atoms with Gasteiger partial charge in [-0.25, -0.2) is 0 Å². The molecule has 2 N–H and O–H groups in total. The fraction of sp³-hybridized carbons (Fsp3) is 0.368. The molecule has 4 rings (SSSR count). The predicted octanol–water partition coefficient (Wildman–Crippen LogP) is 4.89. The normalized spacial score (nSPS) is 17.8. The standard InChI is InChI=1S/C19H21N/c20-18-11-10-16-15-9-5-4-8-14(15)12-17(16)19(18)13-6-2-1-3-7-13/h4-5,8-11,13H,1-3,6-7,12,20H2. The van der Waals surface area contributed by atoms with E-state index in [-0.39, 0.29) is 0 Å². The van der Waals surface area contributed by atoms with Gasteiger partial charge >= 0.3 is 0 Å².